The third-order valence-electron chi connectivity index (χ3n) is 2.19. The highest BCUT2D eigenvalue weighted by molar-refractivity contribution is 5.62. The molecule has 2 rings (SSSR count). The summed E-state index contributed by atoms with van der Waals surface area (Å²) in [4.78, 5) is 0. The van der Waals surface area contributed by atoms with E-state index in [-0.39, 0.29) is 0 Å². The third-order valence-corrected chi connectivity index (χ3v) is 2.19. The number of aromatic nitrogens is 1. The van der Waals surface area contributed by atoms with Gasteiger partial charge in [-0.15, -0.1) is 0 Å². The van der Waals surface area contributed by atoms with Gasteiger partial charge in [-0.3, -0.25) is 0 Å². The van der Waals surface area contributed by atoms with Crippen LogP contribution in [0, 0.1) is 6.92 Å². The Morgan fingerprint density at radius 3 is 2.64 bits per heavy atom. The first-order valence-corrected chi connectivity index (χ1v) is 4.51. The van der Waals surface area contributed by atoms with Crippen molar-refractivity contribution in [3.63, 3.8) is 0 Å². The third kappa shape index (κ3) is 1.54. The minimum absolute atomic E-state index is 0.451. The van der Waals surface area contributed by atoms with Crippen molar-refractivity contribution in [1.82, 2.24) is 5.16 Å². The van der Waals surface area contributed by atoms with Gasteiger partial charge in [0.25, 0.3) is 0 Å². The van der Waals surface area contributed by atoms with Crippen LogP contribution in [0.1, 0.15) is 11.1 Å². The lowest BCUT2D eigenvalue weighted by molar-refractivity contribution is 0.421. The van der Waals surface area contributed by atoms with Crippen LogP contribution in [0.3, 0.4) is 0 Å². The zero-order valence-corrected chi connectivity index (χ0v) is 8.03. The van der Waals surface area contributed by atoms with Crippen LogP contribution < -0.4 is 5.73 Å². The number of nitrogens with zero attached hydrogens (tertiary/aromatic N) is 1. The molecule has 72 valence electrons. The van der Waals surface area contributed by atoms with Crippen LogP contribution in [0.15, 0.2) is 35.1 Å². The molecule has 0 spiro atoms. The quantitative estimate of drug-likeness (QED) is 0.785. The van der Waals surface area contributed by atoms with Gasteiger partial charge in [-0.2, -0.15) is 0 Å². The van der Waals surface area contributed by atoms with Gasteiger partial charge in [-0.25, -0.2) is 0 Å². The monoisotopic (exact) mass is 188 g/mol. The number of nitrogens with two attached hydrogens (primary N) is 1. The molecule has 0 saturated heterocycles. The molecule has 3 heteroatoms. The second kappa shape index (κ2) is 3.64. The van der Waals surface area contributed by atoms with Crippen LogP contribution >= 0.6 is 0 Å². The van der Waals surface area contributed by atoms with Gasteiger partial charge in [-0.1, -0.05) is 35.0 Å². The Balaban J connectivity index is 2.44. The molecule has 1 heterocycles. The smallest absolute Gasteiger partial charge is 0.128 e. The van der Waals surface area contributed by atoms with E-state index in [2.05, 4.69) is 12.1 Å². The molecule has 2 aromatic rings. The van der Waals surface area contributed by atoms with E-state index in [0.29, 0.717) is 6.54 Å². The first-order chi connectivity index (χ1) is 6.81. The number of hydrogen-bond acceptors (Lipinski definition) is 3. The van der Waals surface area contributed by atoms with E-state index in [9.17, 15) is 0 Å². The molecule has 0 amide bonds. The van der Waals surface area contributed by atoms with E-state index < -0.39 is 0 Å². The summed E-state index contributed by atoms with van der Waals surface area (Å²) in [7, 11) is 0. The molecular weight excluding hydrogens is 176 g/mol. The minimum Gasteiger partial charge on any atom is -0.364 e. The molecule has 0 aliphatic carbocycles. The fraction of sp³-hybridized carbons (Fsp3) is 0.182. The van der Waals surface area contributed by atoms with Crippen molar-refractivity contribution < 1.29 is 4.52 Å². The standard InChI is InChI=1S/C11H12N2O/c1-8-2-4-9(5-3-8)11-10(6-12)7-14-13-11/h2-5,7H,6,12H2,1H3. The van der Waals surface area contributed by atoms with Gasteiger partial charge in [-0.05, 0) is 6.92 Å². The molecule has 0 bridgehead atoms. The average Bonchev–Trinajstić information content (AvgIpc) is 2.67. The van der Waals surface area contributed by atoms with Gasteiger partial charge < -0.3 is 10.3 Å². The Hall–Kier alpha value is -1.61. The Kier molecular flexibility index (Phi) is 2.33. The lowest BCUT2D eigenvalue weighted by Gasteiger charge is -1.98. The highest BCUT2D eigenvalue weighted by Gasteiger charge is 2.07. The predicted molar refractivity (Wildman–Crippen MR) is 54.6 cm³/mol. The van der Waals surface area contributed by atoms with Crippen molar-refractivity contribution in [2.45, 2.75) is 13.5 Å². The molecule has 2 N–H and O–H groups in total. The van der Waals surface area contributed by atoms with Crippen LogP contribution in [0.2, 0.25) is 0 Å². The predicted octanol–water partition coefficient (Wildman–Crippen LogP) is 2.11. The van der Waals surface area contributed by atoms with Crippen LogP contribution in [0.25, 0.3) is 11.3 Å². The fourth-order valence-corrected chi connectivity index (χ4v) is 1.35. The van der Waals surface area contributed by atoms with E-state index in [1.54, 1.807) is 6.26 Å². The summed E-state index contributed by atoms with van der Waals surface area (Å²) in [6.45, 7) is 2.50. The van der Waals surface area contributed by atoms with Crippen molar-refractivity contribution >= 4 is 0 Å². The summed E-state index contributed by atoms with van der Waals surface area (Å²) >= 11 is 0. The van der Waals surface area contributed by atoms with Crippen molar-refractivity contribution in [1.29, 1.82) is 0 Å². The van der Waals surface area contributed by atoms with Crippen molar-refractivity contribution in [3.05, 3.63) is 41.7 Å². The van der Waals surface area contributed by atoms with E-state index >= 15 is 0 Å². The summed E-state index contributed by atoms with van der Waals surface area (Å²) in [6, 6.07) is 8.13. The van der Waals surface area contributed by atoms with Crippen LogP contribution in [0.5, 0.6) is 0 Å². The van der Waals surface area contributed by atoms with Crippen molar-refractivity contribution in [2.75, 3.05) is 0 Å². The molecule has 0 radical (unpaired) electrons. The zero-order chi connectivity index (χ0) is 9.97. The number of aryl methyl sites for hydroxylation is 1. The Labute approximate surface area is 82.5 Å². The lowest BCUT2D eigenvalue weighted by Crippen LogP contribution is -1.96. The summed E-state index contributed by atoms with van der Waals surface area (Å²) in [6.07, 6.45) is 1.59. The van der Waals surface area contributed by atoms with E-state index in [4.69, 9.17) is 10.3 Å². The highest BCUT2D eigenvalue weighted by atomic mass is 16.5. The Morgan fingerprint density at radius 2 is 2.00 bits per heavy atom. The van der Waals surface area contributed by atoms with Crippen molar-refractivity contribution in [3.8, 4) is 11.3 Å². The maximum atomic E-state index is 5.56. The summed E-state index contributed by atoms with van der Waals surface area (Å²) in [5.74, 6) is 0. The summed E-state index contributed by atoms with van der Waals surface area (Å²) in [5.41, 5.74) is 9.62. The molecule has 0 atom stereocenters. The largest absolute Gasteiger partial charge is 0.364 e. The first-order valence-electron chi connectivity index (χ1n) is 4.51. The van der Waals surface area contributed by atoms with Gasteiger partial charge in [0.2, 0.25) is 0 Å². The van der Waals surface area contributed by atoms with Crippen LogP contribution in [0.4, 0.5) is 0 Å². The van der Waals surface area contributed by atoms with Gasteiger partial charge in [0.1, 0.15) is 12.0 Å². The summed E-state index contributed by atoms with van der Waals surface area (Å²) in [5, 5.41) is 3.93. The van der Waals surface area contributed by atoms with E-state index in [1.807, 2.05) is 24.3 Å². The number of benzene rings is 1. The number of hydrogen-bond donors (Lipinski definition) is 1. The molecule has 0 fully saturated rings. The molecular formula is C11H12N2O. The SMILES string of the molecule is Cc1ccc(-c2nocc2CN)cc1. The van der Waals surface area contributed by atoms with Crippen LogP contribution in [-0.4, -0.2) is 5.16 Å². The lowest BCUT2D eigenvalue weighted by atomic mass is 10.1. The maximum Gasteiger partial charge on any atom is 0.128 e. The number of rotatable bonds is 2. The second-order valence-corrected chi connectivity index (χ2v) is 3.26. The fourth-order valence-electron chi connectivity index (χ4n) is 1.35. The zero-order valence-electron chi connectivity index (χ0n) is 8.03. The normalized spacial score (nSPS) is 10.4. The topological polar surface area (TPSA) is 52.0 Å². The van der Waals surface area contributed by atoms with Gasteiger partial charge in [0, 0.05) is 17.7 Å². The van der Waals surface area contributed by atoms with E-state index in [1.165, 1.54) is 5.56 Å². The highest BCUT2D eigenvalue weighted by Crippen LogP contribution is 2.21. The Morgan fingerprint density at radius 1 is 1.29 bits per heavy atom. The molecule has 14 heavy (non-hydrogen) atoms. The van der Waals surface area contributed by atoms with Crippen LogP contribution in [-0.2, 0) is 6.54 Å². The first kappa shape index (κ1) is 8.97. The minimum atomic E-state index is 0.451. The van der Waals surface area contributed by atoms with Gasteiger partial charge >= 0.3 is 0 Å². The summed E-state index contributed by atoms with van der Waals surface area (Å²) < 4.78 is 4.89. The van der Waals surface area contributed by atoms with Gasteiger partial charge in [0.15, 0.2) is 0 Å². The average molecular weight is 188 g/mol. The maximum absolute atomic E-state index is 5.56. The Bertz CT molecular complexity index is 417. The molecule has 3 nitrogen and oxygen atoms in total. The molecule has 1 aromatic carbocycles. The molecule has 0 saturated carbocycles. The second-order valence-electron chi connectivity index (χ2n) is 3.26. The molecule has 0 aliphatic heterocycles. The van der Waals surface area contributed by atoms with Crippen molar-refractivity contribution in [2.24, 2.45) is 5.73 Å². The van der Waals surface area contributed by atoms with Gasteiger partial charge in [0.05, 0.1) is 0 Å². The van der Waals surface area contributed by atoms with E-state index in [0.717, 1.165) is 16.8 Å². The molecule has 1 aromatic heterocycles. The molecule has 0 aliphatic rings. The molecule has 0 unspecified atom stereocenters.